The van der Waals surface area contributed by atoms with Crippen molar-refractivity contribution in [2.75, 3.05) is 24.5 Å². The average molecular weight is 376 g/mol. The first-order valence-corrected chi connectivity index (χ1v) is 9.47. The number of pyridine rings is 2. The summed E-state index contributed by atoms with van der Waals surface area (Å²) >= 11 is 0. The zero-order valence-corrected chi connectivity index (χ0v) is 16.1. The minimum Gasteiger partial charge on any atom is -0.354 e. The number of aromatic nitrogens is 4. The van der Waals surface area contributed by atoms with Crippen molar-refractivity contribution >= 4 is 33.5 Å². The normalized spacial score (nSPS) is 18.4. The van der Waals surface area contributed by atoms with E-state index in [1.807, 2.05) is 37.3 Å². The van der Waals surface area contributed by atoms with E-state index in [2.05, 4.69) is 33.8 Å². The predicted molar refractivity (Wildman–Crippen MR) is 115 cm³/mol. The van der Waals surface area contributed by atoms with Crippen LogP contribution in [0.3, 0.4) is 0 Å². The molecule has 0 amide bonds. The van der Waals surface area contributed by atoms with Crippen molar-refractivity contribution in [1.82, 2.24) is 25.1 Å². The second-order valence-electron chi connectivity index (χ2n) is 6.96. The molecule has 7 heteroatoms. The van der Waals surface area contributed by atoms with E-state index in [0.717, 1.165) is 31.0 Å². The minimum absolute atomic E-state index is 0.164. The number of hydrogen-bond acceptors (Lipinski definition) is 5. The van der Waals surface area contributed by atoms with E-state index in [1.165, 1.54) is 4.68 Å². The monoisotopic (exact) mass is 376 g/mol. The Bertz CT molecular complexity index is 1150. The van der Waals surface area contributed by atoms with Crippen LogP contribution in [0, 0.1) is 0 Å². The van der Waals surface area contributed by atoms with Gasteiger partial charge in [-0.2, -0.15) is 0 Å². The quantitative estimate of drug-likeness (QED) is 0.685. The summed E-state index contributed by atoms with van der Waals surface area (Å²) < 4.78 is 1.49. The summed E-state index contributed by atoms with van der Waals surface area (Å²) in [6, 6.07) is 4.37. The topological polar surface area (TPSA) is 78.8 Å². The highest BCUT2D eigenvalue weighted by Crippen LogP contribution is 2.23. The van der Waals surface area contributed by atoms with Gasteiger partial charge in [0.25, 0.3) is 5.56 Å². The Kier molecular flexibility index (Phi) is 4.83. The average Bonchev–Trinajstić information content (AvgIpc) is 3.05. The Balaban J connectivity index is 1.88. The molecule has 0 aliphatic carbocycles. The molecule has 4 heterocycles. The molecule has 1 aliphatic rings. The first-order valence-electron chi connectivity index (χ1n) is 9.47. The Hall–Kier alpha value is -3.19. The molecule has 0 radical (unpaired) electrons. The van der Waals surface area contributed by atoms with Crippen LogP contribution in [0.2, 0.25) is 0 Å². The fraction of sp³-hybridized carbons (Fsp3) is 0.286. The number of nitrogens with one attached hydrogen (secondary N) is 2. The van der Waals surface area contributed by atoms with Crippen LogP contribution >= 0.6 is 0 Å². The molecule has 0 aromatic carbocycles. The highest BCUT2D eigenvalue weighted by molar-refractivity contribution is 6.01. The third-order valence-corrected chi connectivity index (χ3v) is 4.97. The maximum atomic E-state index is 12.9. The highest BCUT2D eigenvalue weighted by atomic mass is 16.1. The van der Waals surface area contributed by atoms with E-state index < -0.39 is 0 Å². The maximum Gasteiger partial charge on any atom is 0.280 e. The lowest BCUT2D eigenvalue weighted by atomic mass is 10.2. The summed E-state index contributed by atoms with van der Waals surface area (Å²) in [5, 5.41) is 7.16. The van der Waals surface area contributed by atoms with Gasteiger partial charge in [-0.25, -0.2) is 9.67 Å². The molecule has 28 heavy (non-hydrogen) atoms. The van der Waals surface area contributed by atoms with E-state index in [0.29, 0.717) is 28.2 Å². The van der Waals surface area contributed by atoms with Crippen molar-refractivity contribution in [3.63, 3.8) is 0 Å². The van der Waals surface area contributed by atoms with Gasteiger partial charge in [0.2, 0.25) is 0 Å². The zero-order chi connectivity index (χ0) is 19.7. The molecule has 7 nitrogen and oxygen atoms in total. The molecular formula is C21H24N6O. The molecule has 3 aromatic rings. The molecule has 0 saturated carbocycles. The molecule has 144 valence electrons. The Morgan fingerprint density at radius 2 is 2.25 bits per heavy atom. The number of hydrogen-bond donors (Lipinski definition) is 2. The fourth-order valence-electron chi connectivity index (χ4n) is 3.54. The highest BCUT2D eigenvalue weighted by Gasteiger charge is 2.19. The van der Waals surface area contributed by atoms with Gasteiger partial charge >= 0.3 is 0 Å². The van der Waals surface area contributed by atoms with Crippen LogP contribution < -0.4 is 15.8 Å². The van der Waals surface area contributed by atoms with Crippen molar-refractivity contribution in [3.8, 4) is 0 Å². The number of piperazine rings is 1. The Labute approximate surface area is 163 Å². The maximum absolute atomic E-state index is 12.9. The van der Waals surface area contributed by atoms with Crippen LogP contribution in [-0.2, 0) is 0 Å². The number of fused-ring (bicyclic) bond motifs is 3. The molecule has 1 atom stereocenters. The van der Waals surface area contributed by atoms with Gasteiger partial charge in [-0.05, 0) is 38.1 Å². The number of anilines is 1. The van der Waals surface area contributed by atoms with E-state index in [4.69, 9.17) is 4.98 Å². The summed E-state index contributed by atoms with van der Waals surface area (Å²) in [7, 11) is 0. The van der Waals surface area contributed by atoms with Gasteiger partial charge in [-0.15, -0.1) is 0 Å². The number of H-pyrrole nitrogens is 1. The zero-order valence-electron chi connectivity index (χ0n) is 16.1. The molecule has 2 N–H and O–H groups in total. The summed E-state index contributed by atoms with van der Waals surface area (Å²) in [5.74, 6) is 0.900. The van der Waals surface area contributed by atoms with Gasteiger partial charge in [0.05, 0.1) is 22.1 Å². The van der Waals surface area contributed by atoms with Gasteiger partial charge in [0, 0.05) is 31.9 Å². The van der Waals surface area contributed by atoms with Crippen LogP contribution in [0.4, 0.5) is 5.82 Å². The lowest BCUT2D eigenvalue weighted by Gasteiger charge is -2.32. The van der Waals surface area contributed by atoms with Gasteiger partial charge < -0.3 is 10.2 Å². The fourth-order valence-corrected chi connectivity index (χ4v) is 3.54. The SMILES string of the molecule is C=C/C(=C\C=C/C)n1[nH]c2c(cnc3ccc(N4CCNC(C)C4)nc32)c1=O. The van der Waals surface area contributed by atoms with Crippen LogP contribution in [0.15, 0.2) is 54.0 Å². The number of rotatable bonds is 4. The lowest BCUT2D eigenvalue weighted by Crippen LogP contribution is -2.49. The van der Waals surface area contributed by atoms with Crippen molar-refractivity contribution in [3.05, 3.63) is 59.6 Å². The third kappa shape index (κ3) is 3.14. The van der Waals surface area contributed by atoms with Crippen LogP contribution in [-0.4, -0.2) is 45.4 Å². The first-order chi connectivity index (χ1) is 13.6. The van der Waals surface area contributed by atoms with Crippen LogP contribution in [0.1, 0.15) is 13.8 Å². The first kappa shape index (κ1) is 18.2. The van der Waals surface area contributed by atoms with Crippen LogP contribution in [0.25, 0.3) is 27.6 Å². The molecule has 3 aromatic heterocycles. The summed E-state index contributed by atoms with van der Waals surface area (Å²) in [6.45, 7) is 10.6. The molecule has 0 bridgehead atoms. The number of allylic oxidation sites excluding steroid dienone is 5. The summed E-state index contributed by atoms with van der Waals surface area (Å²) in [4.78, 5) is 24.5. The summed E-state index contributed by atoms with van der Waals surface area (Å²) in [6.07, 6.45) is 8.86. The Morgan fingerprint density at radius 1 is 1.39 bits per heavy atom. The largest absolute Gasteiger partial charge is 0.354 e. The molecule has 4 rings (SSSR count). The Morgan fingerprint density at radius 3 is 3.00 bits per heavy atom. The van der Waals surface area contributed by atoms with Crippen molar-refractivity contribution < 1.29 is 0 Å². The second-order valence-corrected chi connectivity index (χ2v) is 6.96. The van der Waals surface area contributed by atoms with Crippen LogP contribution in [0.5, 0.6) is 0 Å². The molecule has 1 unspecified atom stereocenters. The molecule has 1 aliphatic heterocycles. The van der Waals surface area contributed by atoms with Gasteiger partial charge in [0.1, 0.15) is 11.3 Å². The predicted octanol–water partition coefficient (Wildman–Crippen LogP) is 2.67. The standard InChI is InChI=1S/C21H24N6O/c1-4-6-7-15(5-2)27-21(28)16-12-23-17-8-9-18(24-20(17)19(16)25-27)26-11-10-22-14(3)13-26/h4-9,12,14,22,25H,2,10-11,13H2,1,3H3/b6-4-,15-7+. The molecule has 0 spiro atoms. The van der Waals surface area contributed by atoms with E-state index >= 15 is 0 Å². The minimum atomic E-state index is -0.164. The number of aromatic amines is 1. The molecular weight excluding hydrogens is 352 g/mol. The van der Waals surface area contributed by atoms with Crippen molar-refractivity contribution in [2.24, 2.45) is 0 Å². The smallest absolute Gasteiger partial charge is 0.280 e. The molecule has 1 saturated heterocycles. The van der Waals surface area contributed by atoms with E-state index in [-0.39, 0.29) is 5.56 Å². The van der Waals surface area contributed by atoms with E-state index in [9.17, 15) is 4.79 Å². The number of nitrogens with zero attached hydrogens (tertiary/aromatic N) is 4. The molecule has 1 fully saturated rings. The van der Waals surface area contributed by atoms with Gasteiger partial charge in [0.15, 0.2) is 0 Å². The van der Waals surface area contributed by atoms with E-state index in [1.54, 1.807) is 12.3 Å². The lowest BCUT2D eigenvalue weighted by molar-refractivity contribution is 0.482. The summed E-state index contributed by atoms with van der Waals surface area (Å²) in [5.41, 5.74) is 2.65. The third-order valence-electron chi connectivity index (χ3n) is 4.97. The van der Waals surface area contributed by atoms with Crippen molar-refractivity contribution in [2.45, 2.75) is 19.9 Å². The van der Waals surface area contributed by atoms with Crippen molar-refractivity contribution in [1.29, 1.82) is 0 Å². The van der Waals surface area contributed by atoms with Gasteiger partial charge in [-0.3, -0.25) is 14.9 Å². The second kappa shape index (κ2) is 7.44. The van der Waals surface area contributed by atoms with Gasteiger partial charge in [-0.1, -0.05) is 18.7 Å².